The molecule has 0 atom stereocenters. The van der Waals surface area contributed by atoms with Gasteiger partial charge in [0.15, 0.2) is 0 Å². The van der Waals surface area contributed by atoms with E-state index in [9.17, 15) is 23.3 Å². The van der Waals surface area contributed by atoms with Crippen molar-refractivity contribution < 1.29 is 22.9 Å². The fourth-order valence-electron chi connectivity index (χ4n) is 3.30. The largest absolute Gasteiger partial charge is 0.383 e. The highest BCUT2D eigenvalue weighted by molar-refractivity contribution is 7.89. The number of nitro benzene ring substituents is 1. The van der Waals surface area contributed by atoms with E-state index in [4.69, 9.17) is 16.3 Å². The van der Waals surface area contributed by atoms with E-state index in [0.29, 0.717) is 13.1 Å². The van der Waals surface area contributed by atoms with Gasteiger partial charge in [-0.15, -0.1) is 11.3 Å². The number of amides is 1. The van der Waals surface area contributed by atoms with Crippen LogP contribution in [0, 0.1) is 10.1 Å². The van der Waals surface area contributed by atoms with Crippen molar-refractivity contribution in [3.05, 3.63) is 91.6 Å². The summed E-state index contributed by atoms with van der Waals surface area (Å²) < 4.78 is 32.8. The number of methoxy groups -OCH3 is 1. The molecule has 0 aliphatic carbocycles. The van der Waals surface area contributed by atoms with E-state index in [1.54, 1.807) is 4.90 Å². The highest BCUT2D eigenvalue weighted by Gasteiger charge is 2.30. The van der Waals surface area contributed by atoms with Crippen molar-refractivity contribution in [2.75, 3.05) is 26.8 Å². The smallest absolute Gasteiger partial charge is 0.289 e. The number of halogens is 1. The van der Waals surface area contributed by atoms with Crippen molar-refractivity contribution >= 4 is 44.6 Å². The van der Waals surface area contributed by atoms with Gasteiger partial charge in [-0.25, -0.2) is 8.42 Å². The third-order valence-corrected chi connectivity index (χ3v) is 8.13. The molecule has 0 bridgehead atoms. The van der Waals surface area contributed by atoms with Crippen LogP contribution in [0.15, 0.2) is 70.9 Å². The molecule has 1 heterocycles. The summed E-state index contributed by atoms with van der Waals surface area (Å²) >= 11 is 7.34. The van der Waals surface area contributed by atoms with Gasteiger partial charge in [-0.2, -0.15) is 4.31 Å². The molecule has 0 N–H and O–H groups in total. The fourth-order valence-corrected chi connectivity index (χ4v) is 5.60. The van der Waals surface area contributed by atoms with Gasteiger partial charge in [0.25, 0.3) is 5.69 Å². The average molecular weight is 538 g/mol. The Hall–Kier alpha value is -2.83. The molecule has 0 spiro atoms. The lowest BCUT2D eigenvalue weighted by Gasteiger charge is -2.27. The van der Waals surface area contributed by atoms with Gasteiger partial charge >= 0.3 is 0 Å². The zero-order valence-corrected chi connectivity index (χ0v) is 21.3. The van der Waals surface area contributed by atoms with Crippen LogP contribution >= 0.6 is 22.9 Å². The molecule has 2 aromatic carbocycles. The first-order valence-corrected chi connectivity index (χ1v) is 13.2. The van der Waals surface area contributed by atoms with E-state index in [1.807, 2.05) is 47.8 Å². The Morgan fingerprint density at radius 2 is 1.86 bits per heavy atom. The summed E-state index contributed by atoms with van der Waals surface area (Å²) in [6, 6.07) is 16.4. The van der Waals surface area contributed by atoms with Crippen LogP contribution in [-0.4, -0.2) is 55.3 Å². The molecule has 12 heteroatoms. The quantitative estimate of drug-likeness (QED) is 0.253. The second kappa shape index (κ2) is 12.2. The Balaban J connectivity index is 1.90. The highest BCUT2D eigenvalue weighted by atomic mass is 35.5. The lowest BCUT2D eigenvalue weighted by Crippen LogP contribution is -2.43. The molecule has 9 nitrogen and oxygen atoms in total. The zero-order chi connectivity index (χ0) is 25.4. The predicted octanol–water partition coefficient (Wildman–Crippen LogP) is 4.18. The normalized spacial score (nSPS) is 11.5. The number of nitro groups is 1. The Morgan fingerprint density at radius 1 is 1.11 bits per heavy atom. The molecule has 0 aliphatic rings. The Bertz CT molecular complexity index is 1250. The number of sulfonamides is 1. The number of carbonyl (C=O) groups is 1. The van der Waals surface area contributed by atoms with Crippen molar-refractivity contribution in [3.63, 3.8) is 0 Å². The monoisotopic (exact) mass is 537 g/mol. The van der Waals surface area contributed by atoms with Crippen LogP contribution in [0.25, 0.3) is 0 Å². The molecule has 1 amide bonds. The van der Waals surface area contributed by atoms with E-state index in [2.05, 4.69) is 0 Å². The van der Waals surface area contributed by atoms with Gasteiger partial charge < -0.3 is 9.64 Å². The molecule has 3 aromatic rings. The van der Waals surface area contributed by atoms with Gasteiger partial charge in [-0.3, -0.25) is 14.9 Å². The van der Waals surface area contributed by atoms with Crippen LogP contribution in [0.3, 0.4) is 0 Å². The number of rotatable bonds is 12. The topological polar surface area (TPSA) is 110 Å². The summed E-state index contributed by atoms with van der Waals surface area (Å²) in [7, 11) is -2.85. The first-order chi connectivity index (χ1) is 16.7. The van der Waals surface area contributed by atoms with Crippen LogP contribution < -0.4 is 0 Å². The van der Waals surface area contributed by atoms with Crippen LogP contribution in [0.4, 0.5) is 5.69 Å². The third kappa shape index (κ3) is 7.09. The second-order valence-corrected chi connectivity index (χ2v) is 10.9. The van der Waals surface area contributed by atoms with Crippen LogP contribution in [0.2, 0.25) is 5.02 Å². The fraction of sp³-hybridized carbons (Fsp3) is 0.261. The summed E-state index contributed by atoms with van der Waals surface area (Å²) in [5.74, 6) is -0.412. The minimum Gasteiger partial charge on any atom is -0.383 e. The Labute approximate surface area is 212 Å². The van der Waals surface area contributed by atoms with Crippen LogP contribution in [-0.2, 0) is 32.6 Å². The van der Waals surface area contributed by atoms with E-state index < -0.39 is 33.1 Å². The predicted molar refractivity (Wildman–Crippen MR) is 134 cm³/mol. The van der Waals surface area contributed by atoms with Gasteiger partial charge in [-0.05, 0) is 29.1 Å². The zero-order valence-electron chi connectivity index (χ0n) is 18.9. The second-order valence-electron chi connectivity index (χ2n) is 7.52. The van der Waals surface area contributed by atoms with Crippen LogP contribution in [0.5, 0.6) is 0 Å². The van der Waals surface area contributed by atoms with E-state index in [0.717, 1.165) is 26.9 Å². The maximum absolute atomic E-state index is 13.4. The summed E-state index contributed by atoms with van der Waals surface area (Å²) in [6.07, 6.45) is 0. The Kier molecular flexibility index (Phi) is 9.35. The lowest BCUT2D eigenvalue weighted by atomic mass is 10.2. The van der Waals surface area contributed by atoms with Gasteiger partial charge in [0.1, 0.15) is 5.02 Å². The first-order valence-electron chi connectivity index (χ1n) is 10.5. The number of hydrogen-bond acceptors (Lipinski definition) is 7. The molecule has 0 unspecified atom stereocenters. The summed E-state index contributed by atoms with van der Waals surface area (Å²) in [6.45, 7) is 0.0729. The molecular formula is C23H24ClN3O6S2. The van der Waals surface area contributed by atoms with Gasteiger partial charge in [0.05, 0.1) is 29.5 Å². The lowest BCUT2D eigenvalue weighted by molar-refractivity contribution is -0.384. The van der Waals surface area contributed by atoms with Crippen molar-refractivity contribution in [1.82, 2.24) is 9.21 Å². The van der Waals surface area contributed by atoms with Gasteiger partial charge in [0, 0.05) is 31.1 Å². The van der Waals surface area contributed by atoms with Crippen LogP contribution in [0.1, 0.15) is 10.4 Å². The van der Waals surface area contributed by atoms with Crippen molar-refractivity contribution in [2.24, 2.45) is 0 Å². The molecule has 0 aliphatic heterocycles. The molecule has 35 heavy (non-hydrogen) atoms. The molecule has 186 valence electrons. The minimum atomic E-state index is -4.26. The summed E-state index contributed by atoms with van der Waals surface area (Å²) in [5.41, 5.74) is 0.367. The minimum absolute atomic E-state index is 0.0335. The molecule has 0 fully saturated rings. The van der Waals surface area contributed by atoms with Gasteiger partial charge in [-0.1, -0.05) is 48.0 Å². The number of nitrogens with zero attached hydrogens (tertiary/aromatic N) is 3. The van der Waals surface area contributed by atoms with Crippen molar-refractivity contribution in [2.45, 2.75) is 18.0 Å². The van der Waals surface area contributed by atoms with Crippen molar-refractivity contribution in [3.8, 4) is 0 Å². The van der Waals surface area contributed by atoms with E-state index in [1.165, 1.54) is 24.5 Å². The summed E-state index contributed by atoms with van der Waals surface area (Å²) in [4.78, 5) is 26.1. The maximum atomic E-state index is 13.4. The molecule has 3 rings (SSSR count). The van der Waals surface area contributed by atoms with E-state index in [-0.39, 0.29) is 23.1 Å². The number of carbonyl (C=O) groups excluding carboxylic acids is 1. The number of hydrogen-bond donors (Lipinski definition) is 0. The third-order valence-electron chi connectivity index (χ3n) is 5.10. The number of ether oxygens (including phenoxy) is 1. The number of thiophene rings is 1. The maximum Gasteiger partial charge on any atom is 0.289 e. The molecule has 0 saturated carbocycles. The Morgan fingerprint density at radius 3 is 2.49 bits per heavy atom. The molecular weight excluding hydrogens is 514 g/mol. The van der Waals surface area contributed by atoms with Gasteiger partial charge in [0.2, 0.25) is 15.9 Å². The highest BCUT2D eigenvalue weighted by Crippen LogP contribution is 2.28. The summed E-state index contributed by atoms with van der Waals surface area (Å²) in [5, 5.41) is 13.0. The first kappa shape index (κ1) is 26.8. The van der Waals surface area contributed by atoms with Crippen molar-refractivity contribution in [1.29, 1.82) is 0 Å². The van der Waals surface area contributed by atoms with E-state index >= 15 is 0 Å². The SMILES string of the molecule is COCCN(CC(=O)N(Cc1ccccc1)Cc1cccs1)S(=O)(=O)c1ccc(Cl)c([N+](=O)[O-])c1. The number of benzene rings is 2. The molecule has 1 aromatic heterocycles. The standard InChI is InChI=1S/C23H24ClN3O6S2/c1-33-12-11-26(35(31,32)20-9-10-21(24)22(14-20)27(29)30)17-23(28)25(16-19-8-5-13-34-19)15-18-6-3-2-4-7-18/h2-10,13-14H,11-12,15-17H2,1H3. The molecule has 0 radical (unpaired) electrons. The molecule has 0 saturated heterocycles. The average Bonchev–Trinajstić information content (AvgIpc) is 3.35.